The summed E-state index contributed by atoms with van der Waals surface area (Å²) < 4.78 is 11.2. The molecule has 1 heterocycles. The SMILES string of the molecule is CCNC(=NCC(C)N(C)c1ccccc1)NCCCOCC1CCOCC1.I. The van der Waals surface area contributed by atoms with Crippen molar-refractivity contribution in [3.8, 4) is 0 Å². The Balaban J connectivity index is 0.00000420. The van der Waals surface area contributed by atoms with E-state index in [4.69, 9.17) is 14.5 Å². The van der Waals surface area contributed by atoms with E-state index in [1.807, 2.05) is 6.07 Å². The number of hydrogen-bond acceptors (Lipinski definition) is 4. The van der Waals surface area contributed by atoms with Crippen LogP contribution in [0.25, 0.3) is 0 Å². The van der Waals surface area contributed by atoms with Gasteiger partial charge in [-0.1, -0.05) is 18.2 Å². The van der Waals surface area contributed by atoms with Crippen molar-refractivity contribution >= 4 is 35.6 Å². The lowest BCUT2D eigenvalue weighted by Gasteiger charge is -2.26. The second kappa shape index (κ2) is 15.7. The molecule has 7 heteroatoms. The van der Waals surface area contributed by atoms with Gasteiger partial charge in [-0.3, -0.25) is 4.99 Å². The molecule has 2 rings (SSSR count). The first kappa shape index (κ1) is 26.0. The molecule has 1 aromatic carbocycles. The number of likely N-dealkylation sites (N-methyl/N-ethyl adjacent to an activating group) is 1. The van der Waals surface area contributed by atoms with E-state index in [1.165, 1.54) is 5.69 Å². The maximum absolute atomic E-state index is 5.83. The normalized spacial score (nSPS) is 16.0. The Hall–Kier alpha value is -1.06. The summed E-state index contributed by atoms with van der Waals surface area (Å²) in [4.78, 5) is 7.01. The number of para-hydroxylation sites is 1. The molecule has 1 aromatic rings. The molecule has 166 valence electrons. The van der Waals surface area contributed by atoms with Crippen LogP contribution in [0.1, 0.15) is 33.1 Å². The third-order valence-corrected chi connectivity index (χ3v) is 5.13. The van der Waals surface area contributed by atoms with E-state index >= 15 is 0 Å². The molecule has 1 atom stereocenters. The smallest absolute Gasteiger partial charge is 0.191 e. The lowest BCUT2D eigenvalue weighted by molar-refractivity contribution is 0.0203. The van der Waals surface area contributed by atoms with Gasteiger partial charge in [-0.2, -0.15) is 0 Å². The average molecular weight is 518 g/mol. The Kier molecular flexibility index (Phi) is 14.1. The third-order valence-electron chi connectivity index (χ3n) is 5.13. The number of anilines is 1. The first-order chi connectivity index (χ1) is 13.7. The Bertz CT molecular complexity index is 553. The Morgan fingerprint density at radius 1 is 1.24 bits per heavy atom. The van der Waals surface area contributed by atoms with E-state index in [-0.39, 0.29) is 24.0 Å². The van der Waals surface area contributed by atoms with Crippen molar-refractivity contribution in [1.82, 2.24) is 10.6 Å². The Morgan fingerprint density at radius 2 is 1.97 bits per heavy atom. The van der Waals surface area contributed by atoms with Crippen molar-refractivity contribution in [3.05, 3.63) is 30.3 Å². The van der Waals surface area contributed by atoms with E-state index in [9.17, 15) is 0 Å². The number of aliphatic imine (C=N–C) groups is 1. The summed E-state index contributed by atoms with van der Waals surface area (Å²) in [5.74, 6) is 1.55. The summed E-state index contributed by atoms with van der Waals surface area (Å²) in [6, 6.07) is 10.8. The van der Waals surface area contributed by atoms with Gasteiger partial charge in [0, 0.05) is 58.3 Å². The first-order valence-corrected chi connectivity index (χ1v) is 10.7. The fourth-order valence-corrected chi connectivity index (χ4v) is 3.15. The van der Waals surface area contributed by atoms with Crippen LogP contribution in [0.3, 0.4) is 0 Å². The van der Waals surface area contributed by atoms with Gasteiger partial charge in [-0.15, -0.1) is 24.0 Å². The molecule has 2 N–H and O–H groups in total. The number of hydrogen-bond donors (Lipinski definition) is 2. The minimum Gasteiger partial charge on any atom is -0.381 e. The van der Waals surface area contributed by atoms with Crippen molar-refractivity contribution in [2.45, 2.75) is 39.2 Å². The second-order valence-corrected chi connectivity index (χ2v) is 7.43. The molecule has 0 aromatic heterocycles. The summed E-state index contributed by atoms with van der Waals surface area (Å²) in [6.07, 6.45) is 3.24. The first-order valence-electron chi connectivity index (χ1n) is 10.7. The van der Waals surface area contributed by atoms with Crippen LogP contribution in [-0.2, 0) is 9.47 Å². The van der Waals surface area contributed by atoms with Gasteiger partial charge < -0.3 is 25.0 Å². The van der Waals surface area contributed by atoms with E-state index in [0.29, 0.717) is 12.0 Å². The van der Waals surface area contributed by atoms with E-state index in [2.05, 4.69) is 60.7 Å². The predicted molar refractivity (Wildman–Crippen MR) is 133 cm³/mol. The van der Waals surface area contributed by atoms with Crippen LogP contribution >= 0.6 is 24.0 Å². The number of rotatable bonds is 11. The van der Waals surface area contributed by atoms with Gasteiger partial charge in [-0.25, -0.2) is 0 Å². The number of nitrogens with one attached hydrogen (secondary N) is 2. The van der Waals surface area contributed by atoms with Crippen molar-refractivity contribution in [1.29, 1.82) is 0 Å². The highest BCUT2D eigenvalue weighted by Crippen LogP contribution is 2.15. The standard InChI is InChI=1S/C22H38N4O2.HI/c1-4-23-22(24-13-8-14-28-18-20-11-15-27-16-12-20)25-17-19(2)26(3)21-9-6-5-7-10-21;/h5-7,9-10,19-20H,4,8,11-18H2,1-3H3,(H2,23,24,25);1H. The number of ether oxygens (including phenoxy) is 2. The molecule has 1 aliphatic rings. The lowest BCUT2D eigenvalue weighted by atomic mass is 10.0. The average Bonchev–Trinajstić information content (AvgIpc) is 2.75. The fraction of sp³-hybridized carbons (Fsp3) is 0.682. The van der Waals surface area contributed by atoms with Crippen molar-refractivity contribution in [3.63, 3.8) is 0 Å². The number of nitrogens with zero attached hydrogens (tertiary/aromatic N) is 2. The quantitative estimate of drug-likeness (QED) is 0.203. The van der Waals surface area contributed by atoms with E-state index in [0.717, 1.165) is 71.3 Å². The molecule has 1 saturated heterocycles. The zero-order valence-electron chi connectivity index (χ0n) is 18.2. The molecule has 1 unspecified atom stereocenters. The highest BCUT2D eigenvalue weighted by atomic mass is 127. The van der Waals surface area contributed by atoms with Crippen molar-refractivity contribution < 1.29 is 9.47 Å². The highest BCUT2D eigenvalue weighted by Gasteiger charge is 2.13. The van der Waals surface area contributed by atoms with Crippen LogP contribution in [0.15, 0.2) is 35.3 Å². The monoisotopic (exact) mass is 518 g/mol. The topological polar surface area (TPSA) is 58.1 Å². The van der Waals surface area contributed by atoms with Crippen molar-refractivity contribution in [2.24, 2.45) is 10.9 Å². The Labute approximate surface area is 193 Å². The largest absolute Gasteiger partial charge is 0.381 e. The van der Waals surface area contributed by atoms with Gasteiger partial charge in [0.2, 0.25) is 0 Å². The van der Waals surface area contributed by atoms with Crippen LogP contribution in [0.2, 0.25) is 0 Å². The van der Waals surface area contributed by atoms with Crippen LogP contribution in [-0.4, -0.2) is 65.1 Å². The van der Waals surface area contributed by atoms with Crippen molar-refractivity contribution in [2.75, 3.05) is 58.0 Å². The molecular formula is C22H39IN4O2. The summed E-state index contributed by atoms with van der Waals surface area (Å²) in [5, 5.41) is 6.74. The lowest BCUT2D eigenvalue weighted by Crippen LogP contribution is -2.40. The van der Waals surface area contributed by atoms with E-state index in [1.54, 1.807) is 0 Å². The minimum atomic E-state index is 0. The molecule has 6 nitrogen and oxygen atoms in total. The van der Waals surface area contributed by atoms with Gasteiger partial charge in [0.05, 0.1) is 6.54 Å². The summed E-state index contributed by atoms with van der Waals surface area (Å²) in [7, 11) is 2.12. The maximum Gasteiger partial charge on any atom is 0.191 e. The number of halogens is 1. The number of benzene rings is 1. The molecule has 0 radical (unpaired) electrons. The zero-order valence-corrected chi connectivity index (χ0v) is 20.6. The van der Waals surface area contributed by atoms with Gasteiger partial charge in [0.1, 0.15) is 0 Å². The zero-order chi connectivity index (χ0) is 20.0. The number of guanidine groups is 1. The molecule has 0 aliphatic carbocycles. The molecular weight excluding hydrogens is 479 g/mol. The maximum atomic E-state index is 5.83. The van der Waals surface area contributed by atoms with Gasteiger partial charge in [0.25, 0.3) is 0 Å². The molecule has 0 spiro atoms. The van der Waals surface area contributed by atoms with Crippen LogP contribution in [0.4, 0.5) is 5.69 Å². The van der Waals surface area contributed by atoms with Crippen LogP contribution in [0.5, 0.6) is 0 Å². The van der Waals surface area contributed by atoms with Gasteiger partial charge in [-0.05, 0) is 51.2 Å². The Morgan fingerprint density at radius 3 is 2.66 bits per heavy atom. The van der Waals surface area contributed by atoms with Crippen LogP contribution < -0.4 is 15.5 Å². The molecule has 0 saturated carbocycles. The van der Waals surface area contributed by atoms with Gasteiger partial charge >= 0.3 is 0 Å². The second-order valence-electron chi connectivity index (χ2n) is 7.43. The minimum absolute atomic E-state index is 0. The molecule has 29 heavy (non-hydrogen) atoms. The molecule has 0 bridgehead atoms. The van der Waals surface area contributed by atoms with Crippen LogP contribution in [0, 0.1) is 5.92 Å². The molecule has 1 fully saturated rings. The summed E-state index contributed by atoms with van der Waals surface area (Å²) in [5.41, 5.74) is 1.21. The van der Waals surface area contributed by atoms with E-state index < -0.39 is 0 Å². The molecule has 1 aliphatic heterocycles. The summed E-state index contributed by atoms with van der Waals surface area (Å²) >= 11 is 0. The third kappa shape index (κ3) is 10.5. The highest BCUT2D eigenvalue weighted by molar-refractivity contribution is 14.0. The summed E-state index contributed by atoms with van der Waals surface area (Å²) in [6.45, 7) is 10.2. The molecule has 0 amide bonds. The predicted octanol–water partition coefficient (Wildman–Crippen LogP) is 3.52. The van der Waals surface area contributed by atoms with Gasteiger partial charge in [0.15, 0.2) is 5.96 Å². The fourth-order valence-electron chi connectivity index (χ4n) is 3.15.